The summed E-state index contributed by atoms with van der Waals surface area (Å²) in [6.45, 7) is 0. The van der Waals surface area contributed by atoms with Gasteiger partial charge in [0.15, 0.2) is 0 Å². The van der Waals surface area contributed by atoms with Gasteiger partial charge in [-0.25, -0.2) is 0 Å². The Morgan fingerprint density at radius 3 is 2.57 bits per heavy atom. The summed E-state index contributed by atoms with van der Waals surface area (Å²) in [5.74, 6) is 0.639. The van der Waals surface area contributed by atoms with Crippen molar-refractivity contribution in [2.24, 2.45) is 0 Å². The second kappa shape index (κ2) is 3.96. The molecule has 1 aliphatic rings. The number of aromatic nitrogens is 3. The summed E-state index contributed by atoms with van der Waals surface area (Å²) in [4.78, 5) is 11.6. The van der Waals surface area contributed by atoms with Gasteiger partial charge < -0.3 is 11.1 Å². The third kappa shape index (κ3) is 2.23. The van der Waals surface area contributed by atoms with Crippen LogP contribution >= 0.6 is 11.6 Å². The molecule has 0 bridgehead atoms. The molecule has 0 unspecified atom stereocenters. The quantitative estimate of drug-likeness (QED) is 0.778. The molecular formula is C8H12ClN5. The summed E-state index contributed by atoms with van der Waals surface area (Å²) in [7, 11) is 0. The maximum Gasteiger partial charge on any atom is 0.229 e. The predicted octanol–water partition coefficient (Wildman–Crippen LogP) is 1.46. The van der Waals surface area contributed by atoms with Crippen molar-refractivity contribution in [1.82, 2.24) is 15.0 Å². The van der Waals surface area contributed by atoms with Crippen molar-refractivity contribution in [2.75, 3.05) is 11.1 Å². The predicted molar refractivity (Wildman–Crippen MR) is 55.1 cm³/mol. The molecule has 0 amide bonds. The lowest BCUT2D eigenvalue weighted by Gasteiger charge is -2.11. The van der Waals surface area contributed by atoms with Gasteiger partial charge in [0.25, 0.3) is 0 Å². The van der Waals surface area contributed by atoms with Gasteiger partial charge in [0.05, 0.1) is 0 Å². The third-order valence-corrected chi connectivity index (χ3v) is 2.48. The molecule has 1 aromatic heterocycles. The van der Waals surface area contributed by atoms with Crippen molar-refractivity contribution >= 4 is 23.5 Å². The van der Waals surface area contributed by atoms with E-state index in [1.54, 1.807) is 0 Å². The molecule has 14 heavy (non-hydrogen) atoms. The maximum absolute atomic E-state index is 5.65. The number of anilines is 2. The monoisotopic (exact) mass is 213 g/mol. The van der Waals surface area contributed by atoms with Crippen LogP contribution < -0.4 is 11.1 Å². The number of halogens is 1. The van der Waals surface area contributed by atoms with Crippen molar-refractivity contribution in [3.63, 3.8) is 0 Å². The fourth-order valence-corrected chi connectivity index (χ4v) is 1.85. The summed E-state index contributed by atoms with van der Waals surface area (Å²) in [6, 6.07) is 0.452. The van der Waals surface area contributed by atoms with Crippen LogP contribution in [0.15, 0.2) is 0 Å². The minimum Gasteiger partial charge on any atom is -0.368 e. The Balaban J connectivity index is 2.07. The average molecular weight is 214 g/mol. The summed E-state index contributed by atoms with van der Waals surface area (Å²) in [5, 5.41) is 3.33. The number of hydrogen-bond donors (Lipinski definition) is 2. The molecule has 3 N–H and O–H groups in total. The molecule has 0 atom stereocenters. The molecule has 2 rings (SSSR count). The van der Waals surface area contributed by atoms with E-state index in [0.717, 1.165) is 12.8 Å². The zero-order valence-corrected chi connectivity index (χ0v) is 8.46. The molecule has 76 valence electrons. The smallest absolute Gasteiger partial charge is 0.229 e. The number of nitrogen functional groups attached to an aromatic ring is 1. The highest BCUT2D eigenvalue weighted by molar-refractivity contribution is 6.28. The van der Waals surface area contributed by atoms with Gasteiger partial charge in [-0.1, -0.05) is 12.8 Å². The lowest BCUT2D eigenvalue weighted by molar-refractivity contribution is 0.742. The number of hydrogen-bond acceptors (Lipinski definition) is 5. The SMILES string of the molecule is Nc1nc(Cl)nc(NC2CCCC2)n1. The molecule has 0 aliphatic heterocycles. The lowest BCUT2D eigenvalue weighted by atomic mass is 10.3. The van der Waals surface area contributed by atoms with Crippen LogP contribution in [-0.4, -0.2) is 21.0 Å². The summed E-state index contributed by atoms with van der Waals surface area (Å²) < 4.78 is 0. The van der Waals surface area contributed by atoms with Crippen molar-refractivity contribution in [3.05, 3.63) is 5.28 Å². The van der Waals surface area contributed by atoms with Gasteiger partial charge in [0.1, 0.15) is 0 Å². The summed E-state index contributed by atoms with van der Waals surface area (Å²) in [6.07, 6.45) is 4.82. The number of rotatable bonds is 2. The van der Waals surface area contributed by atoms with Gasteiger partial charge >= 0.3 is 0 Å². The summed E-state index contributed by atoms with van der Waals surface area (Å²) >= 11 is 5.65. The van der Waals surface area contributed by atoms with E-state index < -0.39 is 0 Å². The number of nitrogens with one attached hydrogen (secondary N) is 1. The lowest BCUT2D eigenvalue weighted by Crippen LogP contribution is -2.17. The van der Waals surface area contributed by atoms with E-state index in [4.69, 9.17) is 17.3 Å². The van der Waals surface area contributed by atoms with E-state index in [-0.39, 0.29) is 11.2 Å². The van der Waals surface area contributed by atoms with Crippen LogP contribution in [-0.2, 0) is 0 Å². The molecule has 1 fully saturated rings. The second-order valence-corrected chi connectivity index (χ2v) is 3.75. The molecule has 1 aromatic rings. The van der Waals surface area contributed by atoms with Crippen LogP contribution in [0, 0.1) is 0 Å². The van der Waals surface area contributed by atoms with Crippen LogP contribution in [0.25, 0.3) is 0 Å². The Bertz CT molecular complexity index is 303. The maximum atomic E-state index is 5.65. The van der Waals surface area contributed by atoms with Gasteiger partial charge in [-0.3, -0.25) is 0 Å². The van der Waals surface area contributed by atoms with Crippen LogP contribution in [0.2, 0.25) is 5.28 Å². The van der Waals surface area contributed by atoms with Crippen molar-refractivity contribution < 1.29 is 0 Å². The Morgan fingerprint density at radius 2 is 1.93 bits per heavy atom. The number of nitrogens with two attached hydrogens (primary N) is 1. The van der Waals surface area contributed by atoms with Crippen LogP contribution in [0.5, 0.6) is 0 Å². The fourth-order valence-electron chi connectivity index (χ4n) is 1.68. The summed E-state index contributed by atoms with van der Waals surface area (Å²) in [5.41, 5.74) is 5.45. The molecule has 6 heteroatoms. The molecule has 0 radical (unpaired) electrons. The Kier molecular flexibility index (Phi) is 2.67. The van der Waals surface area contributed by atoms with Gasteiger partial charge in [0.2, 0.25) is 17.2 Å². The highest BCUT2D eigenvalue weighted by Crippen LogP contribution is 2.21. The zero-order chi connectivity index (χ0) is 9.97. The first-order valence-corrected chi connectivity index (χ1v) is 5.05. The van der Waals surface area contributed by atoms with E-state index in [2.05, 4.69) is 20.3 Å². The average Bonchev–Trinajstić information content (AvgIpc) is 2.54. The van der Waals surface area contributed by atoms with E-state index in [0.29, 0.717) is 12.0 Å². The van der Waals surface area contributed by atoms with E-state index in [9.17, 15) is 0 Å². The van der Waals surface area contributed by atoms with Crippen molar-refractivity contribution in [3.8, 4) is 0 Å². The zero-order valence-electron chi connectivity index (χ0n) is 7.70. The van der Waals surface area contributed by atoms with E-state index >= 15 is 0 Å². The second-order valence-electron chi connectivity index (χ2n) is 3.41. The molecule has 0 spiro atoms. The molecule has 0 saturated heterocycles. The Morgan fingerprint density at radius 1 is 1.21 bits per heavy atom. The topological polar surface area (TPSA) is 76.7 Å². The highest BCUT2D eigenvalue weighted by atomic mass is 35.5. The Labute approximate surface area is 87.1 Å². The van der Waals surface area contributed by atoms with Crippen LogP contribution in [0.4, 0.5) is 11.9 Å². The standard InChI is InChI=1S/C8H12ClN5/c9-6-12-7(10)14-8(13-6)11-5-3-1-2-4-5/h5H,1-4H2,(H3,10,11,12,13,14). The van der Waals surface area contributed by atoms with Crippen molar-refractivity contribution in [1.29, 1.82) is 0 Å². The molecule has 1 heterocycles. The third-order valence-electron chi connectivity index (χ3n) is 2.31. The first-order valence-electron chi connectivity index (χ1n) is 4.67. The van der Waals surface area contributed by atoms with Gasteiger partial charge in [0, 0.05) is 6.04 Å². The molecule has 1 saturated carbocycles. The Hall–Kier alpha value is -1.10. The largest absolute Gasteiger partial charge is 0.368 e. The van der Waals surface area contributed by atoms with Gasteiger partial charge in [-0.2, -0.15) is 15.0 Å². The fraction of sp³-hybridized carbons (Fsp3) is 0.625. The normalized spacial score (nSPS) is 17.2. The van der Waals surface area contributed by atoms with Crippen LogP contribution in [0.3, 0.4) is 0 Å². The van der Waals surface area contributed by atoms with E-state index in [1.165, 1.54) is 12.8 Å². The molecule has 0 aromatic carbocycles. The van der Waals surface area contributed by atoms with Gasteiger partial charge in [-0.05, 0) is 24.4 Å². The van der Waals surface area contributed by atoms with E-state index in [1.807, 2.05) is 0 Å². The van der Waals surface area contributed by atoms with Crippen molar-refractivity contribution in [2.45, 2.75) is 31.7 Å². The molecule has 1 aliphatic carbocycles. The minimum absolute atomic E-state index is 0.137. The minimum atomic E-state index is 0.137. The van der Waals surface area contributed by atoms with Crippen LogP contribution in [0.1, 0.15) is 25.7 Å². The molecule has 5 nitrogen and oxygen atoms in total. The number of nitrogens with zero attached hydrogens (tertiary/aromatic N) is 3. The molecular weight excluding hydrogens is 202 g/mol. The first-order chi connectivity index (χ1) is 6.74. The van der Waals surface area contributed by atoms with Gasteiger partial charge in [-0.15, -0.1) is 0 Å². The first kappa shape index (κ1) is 9.45. The highest BCUT2D eigenvalue weighted by Gasteiger charge is 2.16.